The van der Waals surface area contributed by atoms with Gasteiger partial charge in [0.2, 0.25) is 0 Å². The predicted molar refractivity (Wildman–Crippen MR) is 102 cm³/mol. The van der Waals surface area contributed by atoms with Gasteiger partial charge in [0.05, 0.1) is 21.7 Å². The van der Waals surface area contributed by atoms with Crippen molar-refractivity contribution in [3.05, 3.63) is 43.5 Å². The van der Waals surface area contributed by atoms with Gasteiger partial charge in [0.1, 0.15) is 17.2 Å². The highest BCUT2D eigenvalue weighted by Crippen LogP contribution is 2.22. The molecule has 0 atom stereocenters. The Morgan fingerprint density at radius 2 is 2.16 bits per heavy atom. The summed E-state index contributed by atoms with van der Waals surface area (Å²) in [5.74, 6) is 0.114. The third-order valence-electron chi connectivity index (χ3n) is 3.85. The van der Waals surface area contributed by atoms with Crippen LogP contribution in [0.25, 0.3) is 10.2 Å². The minimum Gasteiger partial charge on any atom is -0.271 e. The number of rotatable bonds is 5. The van der Waals surface area contributed by atoms with Gasteiger partial charge >= 0.3 is 0 Å². The van der Waals surface area contributed by atoms with E-state index in [-0.39, 0.29) is 18.0 Å². The molecule has 3 aromatic heterocycles. The molecule has 0 saturated carbocycles. The quantitative estimate of drug-likeness (QED) is 0.683. The molecule has 0 aliphatic heterocycles. The van der Waals surface area contributed by atoms with Crippen molar-refractivity contribution in [1.29, 1.82) is 0 Å². The van der Waals surface area contributed by atoms with Gasteiger partial charge in [-0.05, 0) is 42.3 Å². The van der Waals surface area contributed by atoms with Gasteiger partial charge in [-0.3, -0.25) is 19.7 Å². The molecule has 25 heavy (non-hydrogen) atoms. The maximum absolute atomic E-state index is 12.7. The number of carbonyl (C=O) groups excluding carboxylic acids is 1. The van der Waals surface area contributed by atoms with Crippen molar-refractivity contribution in [3.63, 3.8) is 0 Å². The van der Waals surface area contributed by atoms with E-state index in [1.54, 1.807) is 17.8 Å². The van der Waals surface area contributed by atoms with Crippen molar-refractivity contribution >= 4 is 43.4 Å². The molecule has 3 rings (SSSR count). The first kappa shape index (κ1) is 17.8. The molecule has 1 amide bonds. The maximum atomic E-state index is 12.7. The molecule has 1 N–H and O–H groups in total. The van der Waals surface area contributed by atoms with Crippen LogP contribution in [0.5, 0.6) is 0 Å². The van der Waals surface area contributed by atoms with Gasteiger partial charge in [-0.1, -0.05) is 13.3 Å². The number of fused-ring (bicyclic) bond motifs is 1. The number of thiophene rings is 1. The zero-order valence-electron chi connectivity index (χ0n) is 14.2. The molecule has 0 saturated heterocycles. The van der Waals surface area contributed by atoms with E-state index < -0.39 is 0 Å². The highest BCUT2D eigenvalue weighted by atomic mass is 79.9. The Morgan fingerprint density at radius 1 is 1.40 bits per heavy atom. The van der Waals surface area contributed by atoms with E-state index in [9.17, 15) is 9.59 Å². The second-order valence-electron chi connectivity index (χ2n) is 5.75. The summed E-state index contributed by atoms with van der Waals surface area (Å²) in [5.41, 5.74) is 3.21. The van der Waals surface area contributed by atoms with Gasteiger partial charge in [-0.25, -0.2) is 9.66 Å². The van der Waals surface area contributed by atoms with E-state index in [0.29, 0.717) is 16.0 Å². The lowest BCUT2D eigenvalue weighted by molar-refractivity contribution is -0.117. The van der Waals surface area contributed by atoms with E-state index in [1.165, 1.54) is 16.0 Å². The van der Waals surface area contributed by atoms with Gasteiger partial charge in [-0.15, -0.1) is 11.3 Å². The Morgan fingerprint density at radius 3 is 2.80 bits per heavy atom. The average Bonchev–Trinajstić information content (AvgIpc) is 3.10. The van der Waals surface area contributed by atoms with Gasteiger partial charge in [0.15, 0.2) is 0 Å². The summed E-state index contributed by atoms with van der Waals surface area (Å²) in [6, 6.07) is 1.87. The van der Waals surface area contributed by atoms with Crippen LogP contribution in [-0.2, 0) is 17.8 Å². The Labute approximate surface area is 156 Å². The van der Waals surface area contributed by atoms with Crippen molar-refractivity contribution < 1.29 is 4.79 Å². The number of halogens is 1. The van der Waals surface area contributed by atoms with Crippen molar-refractivity contribution in [2.75, 3.05) is 5.43 Å². The molecule has 0 radical (unpaired) electrons. The van der Waals surface area contributed by atoms with Crippen LogP contribution in [0.4, 0.5) is 0 Å². The van der Waals surface area contributed by atoms with Crippen molar-refractivity contribution in [1.82, 2.24) is 19.4 Å². The summed E-state index contributed by atoms with van der Waals surface area (Å²) in [4.78, 5) is 31.3. The molecule has 3 heterocycles. The van der Waals surface area contributed by atoms with Crippen LogP contribution in [0.15, 0.2) is 21.5 Å². The van der Waals surface area contributed by atoms with Gasteiger partial charge in [0.25, 0.3) is 11.5 Å². The highest BCUT2D eigenvalue weighted by Gasteiger charge is 2.15. The number of aromatic nitrogens is 4. The number of nitrogens with one attached hydrogen (secondary N) is 1. The fraction of sp³-hybridized carbons (Fsp3) is 0.375. The minimum atomic E-state index is -0.339. The zero-order chi connectivity index (χ0) is 18.1. The Bertz CT molecular complexity index is 1000. The smallest absolute Gasteiger partial charge is 0.271 e. The normalized spacial score (nSPS) is 11.2. The number of hydrogen-bond acceptors (Lipinski definition) is 5. The van der Waals surface area contributed by atoms with Crippen molar-refractivity contribution in [2.45, 2.75) is 40.2 Å². The standard InChI is InChI=1S/C16H18BrN5O2S/c1-4-5-11-6-12-15(25-11)19-10(3)22(16(12)24)20-14(23)8-21-9(2)13(17)7-18-21/h6-7H,4-5,8H2,1-3H3,(H,20,23). The molecule has 132 valence electrons. The summed E-state index contributed by atoms with van der Waals surface area (Å²) in [7, 11) is 0. The topological polar surface area (TPSA) is 81.8 Å². The first-order valence-electron chi connectivity index (χ1n) is 7.90. The molecule has 0 aliphatic carbocycles. The number of nitrogens with zero attached hydrogens (tertiary/aromatic N) is 4. The van der Waals surface area contributed by atoms with E-state index in [4.69, 9.17) is 0 Å². The Kier molecular flexibility index (Phi) is 5.05. The third-order valence-corrected chi connectivity index (χ3v) is 5.72. The van der Waals surface area contributed by atoms with Crippen molar-refractivity contribution in [2.24, 2.45) is 0 Å². The van der Waals surface area contributed by atoms with E-state index >= 15 is 0 Å². The van der Waals surface area contributed by atoms with Crippen LogP contribution < -0.4 is 11.0 Å². The predicted octanol–water partition coefficient (Wildman–Crippen LogP) is 2.76. The molecule has 0 fully saturated rings. The number of amides is 1. The Hall–Kier alpha value is -2.00. The minimum absolute atomic E-state index is 0.0199. The highest BCUT2D eigenvalue weighted by molar-refractivity contribution is 9.10. The van der Waals surface area contributed by atoms with Crippen LogP contribution in [0, 0.1) is 13.8 Å². The summed E-state index contributed by atoms with van der Waals surface area (Å²) in [6.45, 7) is 5.68. The van der Waals surface area contributed by atoms with E-state index in [2.05, 4.69) is 38.4 Å². The molecule has 0 spiro atoms. The molecule has 0 unspecified atom stereocenters. The molecule has 9 heteroatoms. The average molecular weight is 424 g/mol. The molecule has 3 aromatic rings. The lowest BCUT2D eigenvalue weighted by atomic mass is 10.2. The maximum Gasteiger partial charge on any atom is 0.281 e. The molecular formula is C16H18BrN5O2S. The Balaban J connectivity index is 1.89. The molecule has 0 aromatic carbocycles. The number of aryl methyl sites for hydroxylation is 2. The third kappa shape index (κ3) is 3.52. The zero-order valence-corrected chi connectivity index (χ0v) is 16.6. The van der Waals surface area contributed by atoms with Crippen LogP contribution in [0.1, 0.15) is 29.7 Å². The molecule has 0 bridgehead atoms. The number of carbonyl (C=O) groups is 1. The van der Waals surface area contributed by atoms with Gasteiger partial charge in [-0.2, -0.15) is 5.10 Å². The molecular weight excluding hydrogens is 406 g/mol. The van der Waals surface area contributed by atoms with Crippen LogP contribution in [-0.4, -0.2) is 25.3 Å². The second kappa shape index (κ2) is 7.09. The SMILES string of the molecule is CCCc1cc2c(=O)n(NC(=O)Cn3ncc(Br)c3C)c(C)nc2s1. The first-order chi connectivity index (χ1) is 11.9. The summed E-state index contributed by atoms with van der Waals surface area (Å²) < 4.78 is 3.61. The molecule has 7 nitrogen and oxygen atoms in total. The largest absolute Gasteiger partial charge is 0.281 e. The van der Waals surface area contributed by atoms with E-state index in [1.807, 2.05) is 13.0 Å². The first-order valence-corrected chi connectivity index (χ1v) is 9.51. The lowest BCUT2D eigenvalue weighted by Gasteiger charge is -2.11. The van der Waals surface area contributed by atoms with Crippen molar-refractivity contribution in [3.8, 4) is 0 Å². The monoisotopic (exact) mass is 423 g/mol. The van der Waals surface area contributed by atoms with E-state index in [0.717, 1.165) is 27.9 Å². The fourth-order valence-electron chi connectivity index (χ4n) is 2.51. The van der Waals surface area contributed by atoms with Crippen LogP contribution in [0.2, 0.25) is 0 Å². The second-order valence-corrected chi connectivity index (χ2v) is 7.72. The summed E-state index contributed by atoms with van der Waals surface area (Å²) in [6.07, 6.45) is 3.56. The number of hydrogen-bond donors (Lipinski definition) is 1. The lowest BCUT2D eigenvalue weighted by Crippen LogP contribution is -2.37. The van der Waals surface area contributed by atoms with Gasteiger partial charge < -0.3 is 0 Å². The molecule has 0 aliphatic rings. The summed E-state index contributed by atoms with van der Waals surface area (Å²) >= 11 is 4.89. The summed E-state index contributed by atoms with van der Waals surface area (Å²) in [5, 5.41) is 4.66. The van der Waals surface area contributed by atoms with Crippen LogP contribution in [0.3, 0.4) is 0 Å². The fourth-order valence-corrected chi connectivity index (χ4v) is 3.97. The van der Waals surface area contributed by atoms with Crippen LogP contribution >= 0.6 is 27.3 Å². The van der Waals surface area contributed by atoms with Gasteiger partial charge in [0, 0.05) is 4.88 Å².